The largest absolute Gasteiger partial charge is 0.408 e. The van der Waals surface area contributed by atoms with Crippen molar-refractivity contribution in [3.05, 3.63) is 29.3 Å². The third-order valence-corrected chi connectivity index (χ3v) is 4.58. The monoisotopic (exact) mass is 449 g/mol. The van der Waals surface area contributed by atoms with E-state index in [0.717, 1.165) is 0 Å². The first-order valence-corrected chi connectivity index (χ1v) is 10.2. The Morgan fingerprint density at radius 1 is 0.938 bits per heavy atom. The SMILES string of the molecule is CNC(=O)CCC(C=O)NC(=O)c1cc(C)cc(ONC(CCC(=O)NC)C(=O)NC)c1. The molecule has 0 aliphatic rings. The molecule has 5 N–H and O–H groups in total. The zero-order chi connectivity index (χ0) is 24.1. The van der Waals surface area contributed by atoms with Crippen LogP contribution < -0.4 is 31.6 Å². The number of hydroxylamine groups is 1. The van der Waals surface area contributed by atoms with Crippen molar-refractivity contribution in [2.45, 2.75) is 44.7 Å². The van der Waals surface area contributed by atoms with Gasteiger partial charge in [-0.1, -0.05) is 0 Å². The second-order valence-electron chi connectivity index (χ2n) is 7.06. The topological polar surface area (TPSA) is 155 Å². The molecule has 0 aliphatic carbocycles. The van der Waals surface area contributed by atoms with Gasteiger partial charge in [-0.3, -0.25) is 19.2 Å². The molecule has 2 atom stereocenters. The van der Waals surface area contributed by atoms with Gasteiger partial charge in [0.1, 0.15) is 18.1 Å². The second-order valence-corrected chi connectivity index (χ2v) is 7.06. The van der Waals surface area contributed by atoms with Crippen molar-refractivity contribution >= 4 is 29.9 Å². The zero-order valence-electron chi connectivity index (χ0n) is 18.7. The lowest BCUT2D eigenvalue weighted by Gasteiger charge is -2.18. The van der Waals surface area contributed by atoms with Crippen LogP contribution in [-0.4, -0.2) is 63.1 Å². The Hall–Kier alpha value is -3.47. The molecule has 176 valence electrons. The van der Waals surface area contributed by atoms with E-state index in [0.29, 0.717) is 11.8 Å². The number of benzene rings is 1. The number of rotatable bonds is 13. The molecule has 0 heterocycles. The van der Waals surface area contributed by atoms with Gasteiger partial charge in [-0.25, -0.2) is 0 Å². The van der Waals surface area contributed by atoms with Gasteiger partial charge in [0.25, 0.3) is 5.91 Å². The number of aldehydes is 1. The Balaban J connectivity index is 2.83. The molecule has 1 aromatic carbocycles. The maximum atomic E-state index is 12.6. The van der Waals surface area contributed by atoms with Gasteiger partial charge < -0.3 is 30.9 Å². The summed E-state index contributed by atoms with van der Waals surface area (Å²) in [6.45, 7) is 1.76. The minimum atomic E-state index is -0.815. The highest BCUT2D eigenvalue weighted by molar-refractivity contribution is 5.96. The lowest BCUT2D eigenvalue weighted by molar-refractivity contribution is -0.126. The molecule has 0 saturated heterocycles. The van der Waals surface area contributed by atoms with E-state index in [1.165, 1.54) is 27.2 Å². The summed E-state index contributed by atoms with van der Waals surface area (Å²) < 4.78 is 0. The first kappa shape index (κ1) is 26.6. The fourth-order valence-electron chi connectivity index (χ4n) is 2.73. The third kappa shape index (κ3) is 9.13. The van der Waals surface area contributed by atoms with E-state index in [2.05, 4.69) is 26.7 Å². The third-order valence-electron chi connectivity index (χ3n) is 4.58. The predicted octanol–water partition coefficient (Wildman–Crippen LogP) is -0.657. The van der Waals surface area contributed by atoms with Gasteiger partial charge in [-0.15, -0.1) is 5.48 Å². The highest BCUT2D eigenvalue weighted by atomic mass is 16.6. The molecule has 0 spiro atoms. The summed E-state index contributed by atoms with van der Waals surface area (Å²) in [6.07, 6.45) is 1.17. The molecule has 1 aromatic rings. The van der Waals surface area contributed by atoms with Crippen LogP contribution >= 0.6 is 0 Å². The van der Waals surface area contributed by atoms with Gasteiger partial charge in [0.05, 0.1) is 6.04 Å². The highest BCUT2D eigenvalue weighted by Gasteiger charge is 2.20. The minimum absolute atomic E-state index is 0.100. The fraction of sp³-hybridized carbons (Fsp3) is 0.476. The summed E-state index contributed by atoms with van der Waals surface area (Å²) in [6, 6.07) is 3.12. The summed E-state index contributed by atoms with van der Waals surface area (Å²) in [7, 11) is 4.47. The first-order valence-electron chi connectivity index (χ1n) is 10.2. The smallest absolute Gasteiger partial charge is 0.251 e. The molecule has 0 bridgehead atoms. The van der Waals surface area contributed by atoms with E-state index < -0.39 is 18.0 Å². The van der Waals surface area contributed by atoms with Crippen LogP contribution in [0, 0.1) is 6.92 Å². The van der Waals surface area contributed by atoms with E-state index >= 15 is 0 Å². The van der Waals surface area contributed by atoms with Crippen molar-refractivity contribution in [2.75, 3.05) is 21.1 Å². The number of carbonyl (C=O) groups excluding carboxylic acids is 5. The Morgan fingerprint density at radius 3 is 2.12 bits per heavy atom. The first-order chi connectivity index (χ1) is 15.2. The average Bonchev–Trinajstić information content (AvgIpc) is 2.80. The molecular formula is C21H31N5O6. The van der Waals surface area contributed by atoms with Crippen molar-refractivity contribution < 1.29 is 28.8 Å². The van der Waals surface area contributed by atoms with E-state index in [9.17, 15) is 24.0 Å². The Morgan fingerprint density at radius 2 is 1.56 bits per heavy atom. The second kappa shape index (κ2) is 13.8. The quantitative estimate of drug-likeness (QED) is 0.198. The van der Waals surface area contributed by atoms with E-state index in [4.69, 9.17) is 4.84 Å². The summed E-state index contributed by atoms with van der Waals surface area (Å²) in [4.78, 5) is 64.2. The normalized spacial score (nSPS) is 12.1. The maximum absolute atomic E-state index is 12.6. The Labute approximate surface area is 187 Å². The number of likely N-dealkylation sites (N-methyl/N-ethyl adjacent to an activating group) is 1. The summed E-state index contributed by atoms with van der Waals surface area (Å²) in [5.41, 5.74) is 3.58. The molecule has 11 heteroatoms. The molecular weight excluding hydrogens is 418 g/mol. The lowest BCUT2D eigenvalue weighted by Crippen LogP contribution is -2.45. The van der Waals surface area contributed by atoms with Crippen molar-refractivity contribution in [1.29, 1.82) is 0 Å². The predicted molar refractivity (Wildman–Crippen MR) is 117 cm³/mol. The maximum Gasteiger partial charge on any atom is 0.251 e. The van der Waals surface area contributed by atoms with Crippen LogP contribution in [0.25, 0.3) is 0 Å². The van der Waals surface area contributed by atoms with E-state index in [1.54, 1.807) is 19.1 Å². The number of aryl methyl sites for hydroxylation is 1. The number of hydrogen-bond acceptors (Lipinski definition) is 7. The molecule has 0 aliphatic heterocycles. The van der Waals surface area contributed by atoms with Gasteiger partial charge in [-0.05, 0) is 43.5 Å². The van der Waals surface area contributed by atoms with Crippen LogP contribution in [-0.2, 0) is 19.2 Å². The molecule has 0 saturated carbocycles. The Bertz CT molecular complexity index is 829. The van der Waals surface area contributed by atoms with Crippen molar-refractivity contribution in [3.8, 4) is 5.75 Å². The lowest BCUT2D eigenvalue weighted by atomic mass is 10.1. The van der Waals surface area contributed by atoms with E-state index in [-0.39, 0.29) is 54.7 Å². The van der Waals surface area contributed by atoms with Gasteiger partial charge >= 0.3 is 0 Å². The molecule has 2 unspecified atom stereocenters. The Kier molecular flexibility index (Phi) is 11.4. The van der Waals surface area contributed by atoms with Gasteiger partial charge in [0.2, 0.25) is 17.7 Å². The molecule has 0 aromatic heterocycles. The van der Waals surface area contributed by atoms with E-state index in [1.807, 2.05) is 0 Å². The molecule has 0 fully saturated rings. The number of amides is 4. The number of hydrogen-bond donors (Lipinski definition) is 5. The molecule has 32 heavy (non-hydrogen) atoms. The van der Waals surface area contributed by atoms with Crippen LogP contribution in [0.4, 0.5) is 0 Å². The number of carbonyl (C=O) groups is 5. The minimum Gasteiger partial charge on any atom is -0.408 e. The van der Waals surface area contributed by atoms with Crippen molar-refractivity contribution in [1.82, 2.24) is 26.7 Å². The van der Waals surface area contributed by atoms with Crippen LogP contribution in [0.3, 0.4) is 0 Å². The summed E-state index contributed by atoms with van der Waals surface area (Å²) >= 11 is 0. The van der Waals surface area contributed by atoms with Gasteiger partial charge in [0, 0.05) is 39.5 Å². The van der Waals surface area contributed by atoms with Crippen LogP contribution in [0.5, 0.6) is 5.75 Å². The fourth-order valence-corrected chi connectivity index (χ4v) is 2.73. The van der Waals surface area contributed by atoms with Crippen molar-refractivity contribution in [2.24, 2.45) is 0 Å². The molecule has 1 rings (SSSR count). The van der Waals surface area contributed by atoms with Crippen LogP contribution in [0.15, 0.2) is 18.2 Å². The van der Waals surface area contributed by atoms with Crippen LogP contribution in [0.2, 0.25) is 0 Å². The van der Waals surface area contributed by atoms with Gasteiger partial charge in [-0.2, -0.15) is 0 Å². The molecule has 4 amide bonds. The van der Waals surface area contributed by atoms with Gasteiger partial charge in [0.15, 0.2) is 0 Å². The number of nitrogens with one attached hydrogen (secondary N) is 5. The standard InChI is InChI=1S/C21H31N5O6/c1-13-9-14(20(30)25-15(12-27)5-7-18(28)22-2)11-16(10-13)32-26-17(21(31)24-4)6-8-19(29)23-3/h9-12,15,17,26H,5-8H2,1-4H3,(H,22,28)(H,23,29)(H,24,31)(H,25,30). The molecule has 11 nitrogen and oxygen atoms in total. The summed E-state index contributed by atoms with van der Waals surface area (Å²) in [5, 5.41) is 10.0. The molecule has 0 radical (unpaired) electrons. The highest BCUT2D eigenvalue weighted by Crippen LogP contribution is 2.17. The summed E-state index contributed by atoms with van der Waals surface area (Å²) in [5.74, 6) is -1.03. The zero-order valence-corrected chi connectivity index (χ0v) is 18.7. The average molecular weight is 450 g/mol. The van der Waals surface area contributed by atoms with Crippen LogP contribution in [0.1, 0.15) is 41.6 Å². The van der Waals surface area contributed by atoms with Crippen molar-refractivity contribution in [3.63, 3.8) is 0 Å².